The predicted molar refractivity (Wildman–Crippen MR) is 80.7 cm³/mol. The minimum absolute atomic E-state index is 0.103. The summed E-state index contributed by atoms with van der Waals surface area (Å²) in [5.74, 6) is 0.103. The molecule has 1 fully saturated rings. The number of nitrogens with zero attached hydrogens (tertiary/aromatic N) is 2. The first-order valence-corrected chi connectivity index (χ1v) is 7.62. The van der Waals surface area contributed by atoms with Crippen LogP contribution in [0.15, 0.2) is 30.3 Å². The van der Waals surface area contributed by atoms with E-state index in [1.54, 1.807) is 11.3 Å². The normalized spacial score (nSPS) is 17.9. The van der Waals surface area contributed by atoms with Crippen molar-refractivity contribution in [3.63, 3.8) is 0 Å². The highest BCUT2D eigenvalue weighted by Crippen LogP contribution is 2.32. The molecular formula is C16H16N2OS. The van der Waals surface area contributed by atoms with Crippen molar-refractivity contribution in [2.45, 2.75) is 19.8 Å². The molecule has 0 aliphatic carbocycles. The molecule has 3 rings (SSSR count). The van der Waals surface area contributed by atoms with Crippen LogP contribution in [0.4, 0.5) is 0 Å². The standard InChI is InChI=1S/C16H16N2OS/c1-16(11-17)6-8-18(9-7-16)15(19)14-10-12-4-2-3-5-13(12)20-14/h2-5,10H,6-9H2,1H3. The third kappa shape index (κ3) is 2.30. The zero-order valence-electron chi connectivity index (χ0n) is 11.4. The van der Waals surface area contributed by atoms with Crippen molar-refractivity contribution in [2.75, 3.05) is 13.1 Å². The Hall–Kier alpha value is -1.86. The zero-order chi connectivity index (χ0) is 14.2. The van der Waals surface area contributed by atoms with Crippen molar-refractivity contribution in [2.24, 2.45) is 5.41 Å². The molecular weight excluding hydrogens is 268 g/mol. The molecule has 0 saturated carbocycles. The molecule has 2 aromatic rings. The molecule has 1 aromatic heterocycles. The zero-order valence-corrected chi connectivity index (χ0v) is 12.2. The molecule has 20 heavy (non-hydrogen) atoms. The summed E-state index contributed by atoms with van der Waals surface area (Å²) < 4.78 is 1.15. The second-order valence-electron chi connectivity index (χ2n) is 5.61. The third-order valence-electron chi connectivity index (χ3n) is 4.06. The van der Waals surface area contributed by atoms with Gasteiger partial charge in [0.15, 0.2) is 0 Å². The minimum Gasteiger partial charge on any atom is -0.338 e. The Kier molecular flexibility index (Phi) is 3.23. The van der Waals surface area contributed by atoms with Gasteiger partial charge in [0.2, 0.25) is 0 Å². The largest absolute Gasteiger partial charge is 0.338 e. The van der Waals surface area contributed by atoms with Gasteiger partial charge >= 0.3 is 0 Å². The summed E-state index contributed by atoms with van der Waals surface area (Å²) >= 11 is 1.55. The fourth-order valence-corrected chi connectivity index (χ4v) is 3.59. The van der Waals surface area contributed by atoms with Gasteiger partial charge in [-0.3, -0.25) is 4.79 Å². The molecule has 4 heteroatoms. The number of hydrogen-bond acceptors (Lipinski definition) is 3. The van der Waals surface area contributed by atoms with Gasteiger partial charge in [-0.2, -0.15) is 5.26 Å². The highest BCUT2D eigenvalue weighted by atomic mass is 32.1. The quantitative estimate of drug-likeness (QED) is 0.802. The molecule has 0 radical (unpaired) electrons. The number of rotatable bonds is 1. The number of thiophene rings is 1. The van der Waals surface area contributed by atoms with Crippen molar-refractivity contribution < 1.29 is 4.79 Å². The first kappa shape index (κ1) is 13.1. The molecule has 0 N–H and O–H groups in total. The van der Waals surface area contributed by atoms with Crippen LogP contribution in [0.3, 0.4) is 0 Å². The fourth-order valence-electron chi connectivity index (χ4n) is 2.56. The lowest BCUT2D eigenvalue weighted by molar-refractivity contribution is 0.0666. The van der Waals surface area contributed by atoms with E-state index >= 15 is 0 Å². The van der Waals surface area contributed by atoms with Gasteiger partial charge in [-0.05, 0) is 37.3 Å². The van der Waals surface area contributed by atoms with Gasteiger partial charge in [-0.25, -0.2) is 0 Å². The highest BCUT2D eigenvalue weighted by molar-refractivity contribution is 7.20. The highest BCUT2D eigenvalue weighted by Gasteiger charge is 2.32. The van der Waals surface area contributed by atoms with Crippen molar-refractivity contribution in [3.8, 4) is 6.07 Å². The van der Waals surface area contributed by atoms with E-state index in [9.17, 15) is 4.79 Å². The van der Waals surface area contributed by atoms with Crippen LogP contribution in [0.5, 0.6) is 0 Å². The molecule has 1 aliphatic rings. The van der Waals surface area contributed by atoms with Gasteiger partial charge in [0.25, 0.3) is 5.91 Å². The first-order valence-electron chi connectivity index (χ1n) is 6.80. The van der Waals surface area contributed by atoms with Gasteiger partial charge in [0.1, 0.15) is 0 Å². The van der Waals surface area contributed by atoms with E-state index in [0.717, 1.165) is 27.8 Å². The number of carbonyl (C=O) groups is 1. The number of benzene rings is 1. The number of hydrogen-bond donors (Lipinski definition) is 0. The van der Waals surface area contributed by atoms with E-state index < -0.39 is 0 Å². The Labute approximate surface area is 122 Å². The SMILES string of the molecule is CC1(C#N)CCN(C(=O)c2cc3ccccc3s2)CC1. The lowest BCUT2D eigenvalue weighted by Gasteiger charge is -2.34. The number of likely N-dealkylation sites (tertiary alicyclic amines) is 1. The summed E-state index contributed by atoms with van der Waals surface area (Å²) in [5, 5.41) is 10.3. The van der Waals surface area contributed by atoms with Crippen LogP contribution in [-0.4, -0.2) is 23.9 Å². The van der Waals surface area contributed by atoms with E-state index in [1.807, 2.05) is 42.2 Å². The maximum absolute atomic E-state index is 12.5. The van der Waals surface area contributed by atoms with Crippen LogP contribution in [-0.2, 0) is 0 Å². The molecule has 3 nitrogen and oxygen atoms in total. The number of piperidine rings is 1. The molecule has 2 heterocycles. The van der Waals surface area contributed by atoms with E-state index in [4.69, 9.17) is 5.26 Å². The Morgan fingerprint density at radius 2 is 2.05 bits per heavy atom. The number of fused-ring (bicyclic) bond motifs is 1. The summed E-state index contributed by atoms with van der Waals surface area (Å²) in [4.78, 5) is 15.2. The topological polar surface area (TPSA) is 44.1 Å². The Bertz CT molecular complexity index is 657. The maximum atomic E-state index is 12.5. The lowest BCUT2D eigenvalue weighted by Crippen LogP contribution is -2.41. The summed E-state index contributed by atoms with van der Waals surface area (Å²) in [7, 11) is 0. The number of carbonyl (C=O) groups excluding carboxylic acids is 1. The van der Waals surface area contributed by atoms with Gasteiger partial charge in [-0.15, -0.1) is 11.3 Å². The van der Waals surface area contributed by atoms with E-state index in [2.05, 4.69) is 6.07 Å². The van der Waals surface area contributed by atoms with Gasteiger partial charge in [-0.1, -0.05) is 18.2 Å². The van der Waals surface area contributed by atoms with Crippen LogP contribution in [0.2, 0.25) is 0 Å². The average molecular weight is 284 g/mol. The molecule has 0 atom stereocenters. The van der Waals surface area contributed by atoms with E-state index in [0.29, 0.717) is 13.1 Å². The first-order chi connectivity index (χ1) is 9.61. The van der Waals surface area contributed by atoms with Crippen LogP contribution >= 0.6 is 11.3 Å². The summed E-state index contributed by atoms with van der Waals surface area (Å²) in [6.45, 7) is 3.34. The number of nitriles is 1. The minimum atomic E-state index is -0.267. The molecule has 0 bridgehead atoms. The molecule has 102 valence electrons. The van der Waals surface area contributed by atoms with Gasteiger partial charge < -0.3 is 4.90 Å². The Morgan fingerprint density at radius 3 is 2.70 bits per heavy atom. The van der Waals surface area contributed by atoms with E-state index in [1.165, 1.54) is 0 Å². The Morgan fingerprint density at radius 1 is 1.35 bits per heavy atom. The van der Waals surface area contributed by atoms with Crippen LogP contribution < -0.4 is 0 Å². The van der Waals surface area contributed by atoms with Crippen molar-refractivity contribution in [1.29, 1.82) is 5.26 Å². The maximum Gasteiger partial charge on any atom is 0.263 e. The molecule has 1 amide bonds. The summed E-state index contributed by atoms with van der Waals surface area (Å²) in [6.07, 6.45) is 1.53. The average Bonchev–Trinajstić information content (AvgIpc) is 2.91. The number of amides is 1. The molecule has 0 spiro atoms. The molecule has 0 unspecified atom stereocenters. The molecule has 1 saturated heterocycles. The van der Waals surface area contributed by atoms with E-state index in [-0.39, 0.29) is 11.3 Å². The van der Waals surface area contributed by atoms with Crippen molar-refractivity contribution in [1.82, 2.24) is 4.90 Å². The Balaban J connectivity index is 1.78. The second kappa shape index (κ2) is 4.92. The molecule has 1 aromatic carbocycles. The van der Waals surface area contributed by atoms with Crippen molar-refractivity contribution >= 4 is 27.3 Å². The second-order valence-corrected chi connectivity index (χ2v) is 6.70. The summed E-state index contributed by atoms with van der Waals surface area (Å²) in [6, 6.07) is 12.4. The van der Waals surface area contributed by atoms with Gasteiger partial charge in [0, 0.05) is 17.8 Å². The predicted octanol–water partition coefficient (Wildman–Crippen LogP) is 3.67. The van der Waals surface area contributed by atoms with Crippen LogP contribution in [0, 0.1) is 16.7 Å². The molecule has 1 aliphatic heterocycles. The summed E-state index contributed by atoms with van der Waals surface area (Å²) in [5.41, 5.74) is -0.267. The smallest absolute Gasteiger partial charge is 0.263 e. The van der Waals surface area contributed by atoms with Crippen LogP contribution in [0.1, 0.15) is 29.4 Å². The van der Waals surface area contributed by atoms with Gasteiger partial charge in [0.05, 0.1) is 16.4 Å². The monoisotopic (exact) mass is 284 g/mol. The van der Waals surface area contributed by atoms with Crippen LogP contribution in [0.25, 0.3) is 10.1 Å². The fraction of sp³-hybridized carbons (Fsp3) is 0.375. The van der Waals surface area contributed by atoms with Crippen molar-refractivity contribution in [3.05, 3.63) is 35.2 Å². The third-order valence-corrected chi connectivity index (χ3v) is 5.16. The lowest BCUT2D eigenvalue weighted by atomic mass is 9.82.